The zero-order chi connectivity index (χ0) is 13.7. The number of fused-ring (bicyclic) bond motifs is 1. The number of hydrogen-bond donors (Lipinski definition) is 0. The minimum absolute atomic E-state index is 0.0990. The standard InChI is InChI=1S/C15H15NO3/c1-3-9-16(4-2)15(17)8-6-12-5-7-13-14(10-12)19-11-18-13/h1,5-8,10H,4,9,11H2,2H3/b8-6+. The second-order valence-electron chi connectivity index (χ2n) is 4.00. The first kappa shape index (κ1) is 13.0. The summed E-state index contributed by atoms with van der Waals surface area (Å²) in [4.78, 5) is 13.4. The summed E-state index contributed by atoms with van der Waals surface area (Å²) in [5.74, 6) is 3.79. The van der Waals surface area contributed by atoms with Crippen molar-refractivity contribution in [1.29, 1.82) is 0 Å². The third kappa shape index (κ3) is 3.08. The number of terminal acetylenes is 1. The van der Waals surface area contributed by atoms with Crippen molar-refractivity contribution in [2.45, 2.75) is 6.92 Å². The molecule has 1 aromatic rings. The fourth-order valence-electron chi connectivity index (χ4n) is 1.75. The lowest BCUT2D eigenvalue weighted by Crippen LogP contribution is -2.29. The Labute approximate surface area is 112 Å². The van der Waals surface area contributed by atoms with Gasteiger partial charge in [0.25, 0.3) is 0 Å². The molecule has 1 aliphatic heterocycles. The quantitative estimate of drug-likeness (QED) is 0.611. The van der Waals surface area contributed by atoms with Gasteiger partial charge in [-0.25, -0.2) is 0 Å². The lowest BCUT2D eigenvalue weighted by Gasteiger charge is -2.15. The Balaban J connectivity index is 2.06. The molecule has 0 spiro atoms. The molecule has 0 saturated carbocycles. The fourth-order valence-corrected chi connectivity index (χ4v) is 1.75. The molecule has 0 radical (unpaired) electrons. The molecular formula is C15H15NO3. The van der Waals surface area contributed by atoms with Crippen molar-refractivity contribution in [2.75, 3.05) is 19.9 Å². The number of ether oxygens (including phenoxy) is 2. The number of carbonyl (C=O) groups excluding carboxylic acids is 1. The highest BCUT2D eigenvalue weighted by atomic mass is 16.7. The van der Waals surface area contributed by atoms with Crippen molar-refractivity contribution in [3.05, 3.63) is 29.8 Å². The van der Waals surface area contributed by atoms with E-state index in [0.29, 0.717) is 18.8 Å². The van der Waals surface area contributed by atoms with Crippen molar-refractivity contribution >= 4 is 12.0 Å². The van der Waals surface area contributed by atoms with Gasteiger partial charge in [-0.3, -0.25) is 4.79 Å². The topological polar surface area (TPSA) is 38.8 Å². The first-order valence-electron chi connectivity index (χ1n) is 6.04. The molecule has 1 aromatic carbocycles. The van der Waals surface area contributed by atoms with Crippen LogP contribution in [-0.2, 0) is 4.79 Å². The average Bonchev–Trinajstić information content (AvgIpc) is 2.89. The van der Waals surface area contributed by atoms with Crippen LogP contribution in [0.4, 0.5) is 0 Å². The highest BCUT2D eigenvalue weighted by Gasteiger charge is 2.12. The maximum atomic E-state index is 11.9. The Morgan fingerprint density at radius 3 is 3.00 bits per heavy atom. The average molecular weight is 257 g/mol. The summed E-state index contributed by atoms with van der Waals surface area (Å²) in [5.41, 5.74) is 0.884. The molecular weight excluding hydrogens is 242 g/mol. The number of hydrogen-bond acceptors (Lipinski definition) is 3. The van der Waals surface area contributed by atoms with Gasteiger partial charge in [0.2, 0.25) is 12.7 Å². The van der Waals surface area contributed by atoms with E-state index in [0.717, 1.165) is 11.3 Å². The molecule has 98 valence electrons. The van der Waals surface area contributed by atoms with Gasteiger partial charge in [0, 0.05) is 12.6 Å². The maximum Gasteiger partial charge on any atom is 0.247 e. The van der Waals surface area contributed by atoms with E-state index >= 15 is 0 Å². The Bertz CT molecular complexity index is 543. The third-order valence-electron chi connectivity index (χ3n) is 2.79. The highest BCUT2D eigenvalue weighted by Crippen LogP contribution is 2.32. The van der Waals surface area contributed by atoms with E-state index in [2.05, 4.69) is 5.92 Å². The number of amides is 1. The van der Waals surface area contributed by atoms with Crippen molar-refractivity contribution in [2.24, 2.45) is 0 Å². The van der Waals surface area contributed by atoms with E-state index in [1.807, 2.05) is 25.1 Å². The number of nitrogens with zero attached hydrogens (tertiary/aromatic N) is 1. The summed E-state index contributed by atoms with van der Waals surface area (Å²) in [7, 11) is 0. The van der Waals surface area contributed by atoms with Gasteiger partial charge < -0.3 is 14.4 Å². The van der Waals surface area contributed by atoms with E-state index < -0.39 is 0 Å². The first-order chi connectivity index (χ1) is 9.24. The van der Waals surface area contributed by atoms with Crippen molar-refractivity contribution in [3.63, 3.8) is 0 Å². The molecule has 1 heterocycles. The van der Waals surface area contributed by atoms with Crippen LogP contribution >= 0.6 is 0 Å². The summed E-state index contributed by atoms with van der Waals surface area (Å²) in [6.07, 6.45) is 8.46. The highest BCUT2D eigenvalue weighted by molar-refractivity contribution is 5.92. The van der Waals surface area contributed by atoms with Gasteiger partial charge in [-0.2, -0.15) is 0 Å². The van der Waals surface area contributed by atoms with Gasteiger partial charge in [-0.1, -0.05) is 12.0 Å². The van der Waals surface area contributed by atoms with Crippen molar-refractivity contribution in [1.82, 2.24) is 4.90 Å². The molecule has 0 N–H and O–H groups in total. The van der Waals surface area contributed by atoms with Crippen LogP contribution in [0.1, 0.15) is 12.5 Å². The van der Waals surface area contributed by atoms with Gasteiger partial charge in [0.05, 0.1) is 6.54 Å². The zero-order valence-electron chi connectivity index (χ0n) is 10.8. The van der Waals surface area contributed by atoms with Crippen LogP contribution in [0.5, 0.6) is 11.5 Å². The van der Waals surface area contributed by atoms with E-state index in [-0.39, 0.29) is 12.7 Å². The lowest BCUT2D eigenvalue weighted by atomic mass is 10.2. The van der Waals surface area contributed by atoms with E-state index in [4.69, 9.17) is 15.9 Å². The minimum Gasteiger partial charge on any atom is -0.454 e. The maximum absolute atomic E-state index is 11.9. The van der Waals surface area contributed by atoms with E-state index in [1.165, 1.54) is 6.08 Å². The predicted molar refractivity (Wildman–Crippen MR) is 72.7 cm³/mol. The molecule has 2 rings (SSSR count). The molecule has 0 aliphatic carbocycles. The van der Waals surface area contributed by atoms with Crippen molar-refractivity contribution < 1.29 is 14.3 Å². The zero-order valence-corrected chi connectivity index (χ0v) is 10.8. The molecule has 0 fully saturated rings. The first-order valence-corrected chi connectivity index (χ1v) is 6.04. The van der Waals surface area contributed by atoms with Crippen LogP contribution in [0.15, 0.2) is 24.3 Å². The summed E-state index contributed by atoms with van der Waals surface area (Å²) >= 11 is 0. The summed E-state index contributed by atoms with van der Waals surface area (Å²) in [6.45, 7) is 3.05. The number of benzene rings is 1. The molecule has 0 saturated heterocycles. The fraction of sp³-hybridized carbons (Fsp3) is 0.267. The number of carbonyl (C=O) groups is 1. The largest absolute Gasteiger partial charge is 0.454 e. The monoisotopic (exact) mass is 257 g/mol. The van der Waals surface area contributed by atoms with Crippen LogP contribution in [-0.4, -0.2) is 30.7 Å². The van der Waals surface area contributed by atoms with Crippen LogP contribution in [0.2, 0.25) is 0 Å². The van der Waals surface area contributed by atoms with Gasteiger partial charge in [-0.15, -0.1) is 6.42 Å². The lowest BCUT2D eigenvalue weighted by molar-refractivity contribution is -0.125. The molecule has 0 bridgehead atoms. The molecule has 4 nitrogen and oxygen atoms in total. The molecule has 19 heavy (non-hydrogen) atoms. The van der Waals surface area contributed by atoms with Crippen LogP contribution in [0, 0.1) is 12.3 Å². The second kappa shape index (κ2) is 5.96. The summed E-state index contributed by atoms with van der Waals surface area (Å²) in [6, 6.07) is 5.53. The number of rotatable bonds is 4. The second-order valence-corrected chi connectivity index (χ2v) is 4.00. The molecule has 1 aliphatic rings. The minimum atomic E-state index is -0.0990. The Morgan fingerprint density at radius 2 is 2.26 bits per heavy atom. The molecule has 0 atom stereocenters. The summed E-state index contributed by atoms with van der Waals surface area (Å²) < 4.78 is 10.5. The number of likely N-dealkylation sites (N-methyl/N-ethyl adjacent to an activating group) is 1. The normalized spacial score (nSPS) is 12.4. The molecule has 0 unspecified atom stereocenters. The van der Waals surface area contributed by atoms with E-state index in [1.54, 1.807) is 11.0 Å². The summed E-state index contributed by atoms with van der Waals surface area (Å²) in [5, 5.41) is 0. The molecule has 1 amide bonds. The van der Waals surface area contributed by atoms with Gasteiger partial charge >= 0.3 is 0 Å². The van der Waals surface area contributed by atoms with Gasteiger partial charge in [0.15, 0.2) is 11.5 Å². The van der Waals surface area contributed by atoms with Gasteiger partial charge in [-0.05, 0) is 30.7 Å². The Hall–Kier alpha value is -2.41. The van der Waals surface area contributed by atoms with E-state index in [9.17, 15) is 4.79 Å². The van der Waals surface area contributed by atoms with Crippen LogP contribution in [0.25, 0.3) is 6.08 Å². The molecule has 0 aromatic heterocycles. The smallest absolute Gasteiger partial charge is 0.247 e. The van der Waals surface area contributed by atoms with Crippen LogP contribution < -0.4 is 9.47 Å². The third-order valence-corrected chi connectivity index (χ3v) is 2.79. The van der Waals surface area contributed by atoms with Crippen LogP contribution in [0.3, 0.4) is 0 Å². The Morgan fingerprint density at radius 1 is 1.47 bits per heavy atom. The van der Waals surface area contributed by atoms with Gasteiger partial charge in [0.1, 0.15) is 0 Å². The molecule has 4 heteroatoms. The predicted octanol–water partition coefficient (Wildman–Crippen LogP) is 1.91. The van der Waals surface area contributed by atoms with Crippen molar-refractivity contribution in [3.8, 4) is 23.8 Å². The Kier molecular flexibility index (Phi) is 4.09. The SMILES string of the molecule is C#CCN(CC)C(=O)/C=C/c1ccc2c(c1)OCO2.